The van der Waals surface area contributed by atoms with E-state index in [1.54, 1.807) is 12.1 Å². The summed E-state index contributed by atoms with van der Waals surface area (Å²) in [7, 11) is -2.19. The number of benzene rings is 2. The first-order valence-corrected chi connectivity index (χ1v) is 10.1. The Hall–Kier alpha value is -2.45. The second-order valence-corrected chi connectivity index (χ2v) is 8.15. The first kappa shape index (κ1) is 19.3. The Morgan fingerprint density at radius 3 is 2.52 bits per heavy atom. The van der Waals surface area contributed by atoms with E-state index in [1.165, 1.54) is 37.4 Å². The van der Waals surface area contributed by atoms with Gasteiger partial charge >= 0.3 is 0 Å². The summed E-state index contributed by atoms with van der Waals surface area (Å²) in [5.74, 6) is -0.247. The van der Waals surface area contributed by atoms with Crippen LogP contribution in [0.5, 0.6) is 5.75 Å². The van der Waals surface area contributed by atoms with E-state index in [-0.39, 0.29) is 29.1 Å². The topological polar surface area (TPSA) is 84.5 Å². The quantitative estimate of drug-likeness (QED) is 0.724. The maximum Gasteiger partial charge on any atom is 0.240 e. The Bertz CT molecular complexity index is 925. The van der Waals surface area contributed by atoms with Crippen molar-refractivity contribution in [1.29, 1.82) is 0 Å². The van der Waals surface area contributed by atoms with Gasteiger partial charge in [0.2, 0.25) is 15.9 Å². The molecule has 1 aliphatic carbocycles. The Labute approximate surface area is 157 Å². The molecule has 1 amide bonds. The summed E-state index contributed by atoms with van der Waals surface area (Å²) in [4.78, 5) is 12.3. The lowest BCUT2D eigenvalue weighted by atomic mass is 10.1. The zero-order chi connectivity index (χ0) is 19.4. The molecule has 6 nitrogen and oxygen atoms in total. The molecule has 2 aromatic rings. The fraction of sp³-hybridized carbons (Fsp3) is 0.316. The summed E-state index contributed by atoms with van der Waals surface area (Å²) in [6.07, 6.45) is 2.28. The molecular weight excluding hydrogens is 371 g/mol. The van der Waals surface area contributed by atoms with Gasteiger partial charge in [0, 0.05) is 12.5 Å². The number of hydrogen-bond acceptors (Lipinski definition) is 4. The standard InChI is InChI=1S/C19H21FN2O4S/c1-26-18-10-9-16(27(24,25)22-15-7-8-15)12-17(18)21-19(23)11-4-13-2-5-14(20)6-3-13/h2-3,5-6,9-10,12,15,22H,4,7-8,11H2,1H3,(H,21,23). The highest BCUT2D eigenvalue weighted by Gasteiger charge is 2.28. The molecule has 0 unspecified atom stereocenters. The van der Waals surface area contributed by atoms with Crippen molar-refractivity contribution in [2.75, 3.05) is 12.4 Å². The fourth-order valence-electron chi connectivity index (χ4n) is 2.56. The van der Waals surface area contributed by atoms with E-state index < -0.39 is 10.0 Å². The first-order valence-electron chi connectivity index (χ1n) is 8.62. The maximum absolute atomic E-state index is 12.9. The smallest absolute Gasteiger partial charge is 0.240 e. The molecule has 0 saturated heterocycles. The van der Waals surface area contributed by atoms with Crippen LogP contribution < -0.4 is 14.8 Å². The summed E-state index contributed by atoms with van der Waals surface area (Å²) in [6.45, 7) is 0. The highest BCUT2D eigenvalue weighted by Crippen LogP contribution is 2.29. The molecule has 3 rings (SSSR count). The van der Waals surface area contributed by atoms with Crippen LogP contribution in [-0.4, -0.2) is 27.5 Å². The second-order valence-electron chi connectivity index (χ2n) is 6.43. The van der Waals surface area contributed by atoms with Crippen LogP contribution in [0.3, 0.4) is 0 Å². The third-order valence-electron chi connectivity index (χ3n) is 4.21. The van der Waals surface area contributed by atoms with Gasteiger partial charge in [-0.1, -0.05) is 12.1 Å². The second kappa shape index (κ2) is 8.06. The largest absolute Gasteiger partial charge is 0.495 e. The molecule has 0 atom stereocenters. The predicted octanol–water partition coefficient (Wildman–Crippen LogP) is 2.85. The maximum atomic E-state index is 12.9. The highest BCUT2D eigenvalue weighted by atomic mass is 32.2. The molecule has 0 heterocycles. The predicted molar refractivity (Wildman–Crippen MR) is 99.7 cm³/mol. The Morgan fingerprint density at radius 2 is 1.89 bits per heavy atom. The average Bonchev–Trinajstić information content (AvgIpc) is 3.44. The monoisotopic (exact) mass is 392 g/mol. The number of sulfonamides is 1. The van der Waals surface area contributed by atoms with Gasteiger partial charge in [-0.15, -0.1) is 0 Å². The summed E-state index contributed by atoms with van der Waals surface area (Å²) in [6, 6.07) is 10.3. The Kier molecular flexibility index (Phi) is 5.76. The lowest BCUT2D eigenvalue weighted by molar-refractivity contribution is -0.116. The number of halogens is 1. The number of rotatable bonds is 8. The number of amides is 1. The number of nitrogens with one attached hydrogen (secondary N) is 2. The van der Waals surface area contributed by atoms with Gasteiger partial charge in [-0.25, -0.2) is 17.5 Å². The summed E-state index contributed by atoms with van der Waals surface area (Å²) in [5.41, 5.74) is 1.13. The minimum Gasteiger partial charge on any atom is -0.495 e. The van der Waals surface area contributed by atoms with Gasteiger partial charge in [0.15, 0.2) is 0 Å². The molecule has 8 heteroatoms. The van der Waals surface area contributed by atoms with Crippen molar-refractivity contribution in [3.63, 3.8) is 0 Å². The van der Waals surface area contributed by atoms with Crippen LogP contribution in [0.1, 0.15) is 24.8 Å². The van der Waals surface area contributed by atoms with Gasteiger partial charge in [-0.3, -0.25) is 4.79 Å². The first-order chi connectivity index (χ1) is 12.9. The third-order valence-corrected chi connectivity index (χ3v) is 5.73. The lowest BCUT2D eigenvalue weighted by Gasteiger charge is -2.13. The molecule has 0 radical (unpaired) electrons. The zero-order valence-corrected chi connectivity index (χ0v) is 15.7. The average molecular weight is 392 g/mol. The Morgan fingerprint density at radius 1 is 1.19 bits per heavy atom. The number of hydrogen-bond donors (Lipinski definition) is 2. The molecular formula is C19H21FN2O4S. The molecule has 2 aromatic carbocycles. The number of carbonyl (C=O) groups excluding carboxylic acids is 1. The van der Waals surface area contributed by atoms with Crippen LogP contribution >= 0.6 is 0 Å². The van der Waals surface area contributed by atoms with Crippen molar-refractivity contribution in [3.8, 4) is 5.75 Å². The van der Waals surface area contributed by atoms with Crippen LogP contribution in [0.2, 0.25) is 0 Å². The van der Waals surface area contributed by atoms with E-state index in [4.69, 9.17) is 4.74 Å². The molecule has 1 saturated carbocycles. The number of methoxy groups -OCH3 is 1. The lowest BCUT2D eigenvalue weighted by Crippen LogP contribution is -2.26. The van der Waals surface area contributed by atoms with E-state index >= 15 is 0 Å². The number of ether oxygens (including phenoxy) is 1. The molecule has 0 spiro atoms. The van der Waals surface area contributed by atoms with Crippen molar-refractivity contribution >= 4 is 21.6 Å². The van der Waals surface area contributed by atoms with Crippen molar-refractivity contribution in [2.45, 2.75) is 36.6 Å². The summed E-state index contributed by atoms with van der Waals surface area (Å²) < 4.78 is 45.5. The SMILES string of the molecule is COc1ccc(S(=O)(=O)NC2CC2)cc1NC(=O)CCc1ccc(F)cc1. The van der Waals surface area contributed by atoms with E-state index in [9.17, 15) is 17.6 Å². The normalized spacial score (nSPS) is 14.0. The van der Waals surface area contributed by atoms with Crippen LogP contribution in [0, 0.1) is 5.82 Å². The number of anilines is 1. The molecule has 0 bridgehead atoms. The van der Waals surface area contributed by atoms with E-state index in [2.05, 4.69) is 10.0 Å². The van der Waals surface area contributed by atoms with Gasteiger partial charge in [0.05, 0.1) is 17.7 Å². The van der Waals surface area contributed by atoms with Crippen LogP contribution in [0.25, 0.3) is 0 Å². The highest BCUT2D eigenvalue weighted by molar-refractivity contribution is 7.89. The van der Waals surface area contributed by atoms with E-state index in [1.807, 2.05) is 0 Å². The van der Waals surface area contributed by atoms with Gasteiger partial charge < -0.3 is 10.1 Å². The van der Waals surface area contributed by atoms with E-state index in [0.717, 1.165) is 18.4 Å². The molecule has 1 fully saturated rings. The molecule has 2 N–H and O–H groups in total. The van der Waals surface area contributed by atoms with E-state index in [0.29, 0.717) is 17.9 Å². The minimum atomic E-state index is -3.63. The van der Waals surface area contributed by atoms with Crippen molar-refractivity contribution in [2.24, 2.45) is 0 Å². The van der Waals surface area contributed by atoms with Crippen LogP contribution in [0.4, 0.5) is 10.1 Å². The molecule has 0 aliphatic heterocycles. The zero-order valence-electron chi connectivity index (χ0n) is 14.9. The van der Waals surface area contributed by atoms with Gasteiger partial charge in [0.25, 0.3) is 0 Å². The van der Waals surface area contributed by atoms with Crippen molar-refractivity contribution in [1.82, 2.24) is 4.72 Å². The van der Waals surface area contributed by atoms with Gasteiger partial charge in [-0.2, -0.15) is 0 Å². The molecule has 1 aliphatic rings. The van der Waals surface area contributed by atoms with Crippen LogP contribution in [0.15, 0.2) is 47.4 Å². The summed E-state index contributed by atoms with van der Waals surface area (Å²) >= 11 is 0. The Balaban J connectivity index is 1.69. The van der Waals surface area contributed by atoms with Crippen molar-refractivity contribution in [3.05, 3.63) is 53.8 Å². The van der Waals surface area contributed by atoms with Crippen LogP contribution in [-0.2, 0) is 21.2 Å². The molecule has 27 heavy (non-hydrogen) atoms. The minimum absolute atomic E-state index is 0.00847. The van der Waals surface area contributed by atoms with Crippen molar-refractivity contribution < 1.29 is 22.3 Å². The van der Waals surface area contributed by atoms with Gasteiger partial charge in [0.1, 0.15) is 11.6 Å². The fourth-order valence-corrected chi connectivity index (χ4v) is 3.89. The molecule has 0 aromatic heterocycles. The summed E-state index contributed by atoms with van der Waals surface area (Å²) in [5, 5.41) is 2.69. The van der Waals surface area contributed by atoms with Gasteiger partial charge in [-0.05, 0) is 55.2 Å². The number of carbonyl (C=O) groups is 1. The number of aryl methyl sites for hydroxylation is 1. The molecule has 144 valence electrons. The third kappa shape index (κ3) is 5.27.